The van der Waals surface area contributed by atoms with Crippen molar-refractivity contribution < 1.29 is 5.11 Å². The van der Waals surface area contributed by atoms with Crippen LogP contribution in [0.25, 0.3) is 11.0 Å². The summed E-state index contributed by atoms with van der Waals surface area (Å²) in [5.74, 6) is 0.922. The van der Waals surface area contributed by atoms with Crippen LogP contribution >= 0.6 is 0 Å². The van der Waals surface area contributed by atoms with E-state index in [4.69, 9.17) is 0 Å². The van der Waals surface area contributed by atoms with Crippen molar-refractivity contribution in [3.05, 3.63) is 66.2 Å². The van der Waals surface area contributed by atoms with E-state index in [0.717, 1.165) is 36.0 Å². The van der Waals surface area contributed by atoms with Crippen LogP contribution in [-0.2, 0) is 13.0 Å². The SMILES string of the molecule is C=CCc1cccc(C=Nc2nc3ccccc3n2CCCC)c1O. The standard InChI is InChI=1S/C21H23N3O/c1-3-5-14-24-19-13-7-6-12-18(19)23-21(24)22-15-17-11-8-10-16(9-4-2)20(17)25/h4,6-8,10-13,15,25H,2-3,5,9,14H2,1H3. The number of benzene rings is 2. The molecule has 0 aliphatic heterocycles. The number of aromatic hydroxyl groups is 1. The zero-order valence-electron chi connectivity index (χ0n) is 14.5. The second-order valence-corrected chi connectivity index (χ2v) is 6.01. The number of imidazole rings is 1. The minimum Gasteiger partial charge on any atom is -0.507 e. The number of aliphatic imine (C=N–C) groups is 1. The summed E-state index contributed by atoms with van der Waals surface area (Å²) in [5, 5.41) is 10.4. The zero-order chi connectivity index (χ0) is 17.6. The quantitative estimate of drug-likeness (QED) is 0.487. The largest absolute Gasteiger partial charge is 0.507 e. The summed E-state index contributed by atoms with van der Waals surface area (Å²) in [5.41, 5.74) is 3.56. The minimum absolute atomic E-state index is 0.252. The highest BCUT2D eigenvalue weighted by Crippen LogP contribution is 2.25. The Bertz CT molecular complexity index is 909. The first kappa shape index (κ1) is 17.0. The fourth-order valence-electron chi connectivity index (χ4n) is 2.86. The predicted octanol–water partition coefficient (Wildman–Crippen LogP) is 5.02. The molecule has 0 bridgehead atoms. The van der Waals surface area contributed by atoms with E-state index in [1.807, 2.05) is 36.4 Å². The summed E-state index contributed by atoms with van der Waals surface area (Å²) in [6.45, 7) is 6.78. The number of hydrogen-bond donors (Lipinski definition) is 1. The lowest BCUT2D eigenvalue weighted by atomic mass is 10.1. The molecule has 0 unspecified atom stereocenters. The van der Waals surface area contributed by atoms with E-state index in [2.05, 4.69) is 34.1 Å². The van der Waals surface area contributed by atoms with Crippen LogP contribution in [0.3, 0.4) is 0 Å². The molecular weight excluding hydrogens is 310 g/mol. The van der Waals surface area contributed by atoms with E-state index in [1.165, 1.54) is 0 Å². The van der Waals surface area contributed by atoms with Gasteiger partial charge in [-0.05, 0) is 36.6 Å². The van der Waals surface area contributed by atoms with Crippen LogP contribution in [0.1, 0.15) is 30.9 Å². The first-order valence-electron chi connectivity index (χ1n) is 8.65. The van der Waals surface area contributed by atoms with Crippen molar-refractivity contribution in [2.75, 3.05) is 0 Å². The lowest BCUT2D eigenvalue weighted by molar-refractivity contribution is 0.469. The van der Waals surface area contributed by atoms with Crippen LogP contribution in [0.5, 0.6) is 5.75 Å². The second-order valence-electron chi connectivity index (χ2n) is 6.01. The van der Waals surface area contributed by atoms with E-state index < -0.39 is 0 Å². The minimum atomic E-state index is 0.252. The van der Waals surface area contributed by atoms with E-state index in [1.54, 1.807) is 12.3 Å². The van der Waals surface area contributed by atoms with Crippen molar-refractivity contribution in [2.45, 2.75) is 32.7 Å². The van der Waals surface area contributed by atoms with Gasteiger partial charge in [0.2, 0.25) is 5.95 Å². The average molecular weight is 333 g/mol. The Kier molecular flexibility index (Phi) is 5.29. The van der Waals surface area contributed by atoms with Gasteiger partial charge < -0.3 is 9.67 Å². The van der Waals surface area contributed by atoms with Crippen LogP contribution in [-0.4, -0.2) is 20.9 Å². The summed E-state index contributed by atoms with van der Waals surface area (Å²) < 4.78 is 2.14. The van der Waals surface area contributed by atoms with Gasteiger partial charge in [0.25, 0.3) is 0 Å². The number of fused-ring (bicyclic) bond motifs is 1. The van der Waals surface area contributed by atoms with Crippen molar-refractivity contribution in [1.29, 1.82) is 0 Å². The Morgan fingerprint density at radius 3 is 2.84 bits per heavy atom. The van der Waals surface area contributed by atoms with Crippen LogP contribution in [0, 0.1) is 0 Å². The third-order valence-electron chi connectivity index (χ3n) is 4.20. The molecule has 1 N–H and O–H groups in total. The van der Waals surface area contributed by atoms with E-state index in [9.17, 15) is 5.11 Å². The van der Waals surface area contributed by atoms with Gasteiger partial charge in [-0.2, -0.15) is 0 Å². The smallest absolute Gasteiger partial charge is 0.230 e. The van der Waals surface area contributed by atoms with Crippen LogP contribution in [0.2, 0.25) is 0 Å². The summed E-state index contributed by atoms with van der Waals surface area (Å²) in [4.78, 5) is 9.21. The average Bonchev–Trinajstić information content (AvgIpc) is 2.98. The molecule has 0 aliphatic carbocycles. The Morgan fingerprint density at radius 2 is 2.04 bits per heavy atom. The maximum atomic E-state index is 10.4. The zero-order valence-corrected chi connectivity index (χ0v) is 14.5. The molecule has 0 amide bonds. The third-order valence-corrected chi connectivity index (χ3v) is 4.20. The third kappa shape index (κ3) is 3.63. The summed E-state index contributed by atoms with van der Waals surface area (Å²) in [6, 6.07) is 13.7. The highest BCUT2D eigenvalue weighted by atomic mass is 16.3. The van der Waals surface area contributed by atoms with Gasteiger partial charge in [0.05, 0.1) is 11.0 Å². The molecule has 2 aromatic carbocycles. The highest BCUT2D eigenvalue weighted by molar-refractivity contribution is 5.86. The number of allylic oxidation sites excluding steroid dienone is 1. The number of aryl methyl sites for hydroxylation is 1. The predicted molar refractivity (Wildman–Crippen MR) is 104 cm³/mol. The molecule has 1 aromatic heterocycles. The number of rotatable bonds is 7. The Labute approximate surface area is 148 Å². The lowest BCUT2D eigenvalue weighted by Gasteiger charge is -2.06. The molecule has 128 valence electrons. The molecular formula is C21H23N3O. The van der Waals surface area contributed by atoms with E-state index in [-0.39, 0.29) is 5.75 Å². The van der Waals surface area contributed by atoms with E-state index in [0.29, 0.717) is 17.9 Å². The number of phenols is 1. The molecule has 0 radical (unpaired) electrons. The fourth-order valence-corrected chi connectivity index (χ4v) is 2.86. The van der Waals surface area contributed by atoms with Crippen molar-refractivity contribution in [3.63, 3.8) is 0 Å². The molecule has 25 heavy (non-hydrogen) atoms. The molecule has 0 atom stereocenters. The highest BCUT2D eigenvalue weighted by Gasteiger charge is 2.09. The normalized spacial score (nSPS) is 11.4. The number of aromatic nitrogens is 2. The van der Waals surface area contributed by atoms with Crippen molar-refractivity contribution >= 4 is 23.2 Å². The molecule has 4 heteroatoms. The van der Waals surface area contributed by atoms with Gasteiger partial charge in [-0.15, -0.1) is 6.58 Å². The molecule has 0 aliphatic rings. The molecule has 0 saturated heterocycles. The van der Waals surface area contributed by atoms with Crippen molar-refractivity contribution in [1.82, 2.24) is 9.55 Å². The summed E-state index contributed by atoms with van der Waals surface area (Å²) in [7, 11) is 0. The van der Waals surface area contributed by atoms with Gasteiger partial charge in [0.15, 0.2) is 0 Å². The van der Waals surface area contributed by atoms with Gasteiger partial charge in [-0.1, -0.05) is 43.7 Å². The topological polar surface area (TPSA) is 50.4 Å². The number of unbranched alkanes of at least 4 members (excludes halogenated alkanes) is 1. The van der Waals surface area contributed by atoms with E-state index >= 15 is 0 Å². The Hall–Kier alpha value is -2.88. The van der Waals surface area contributed by atoms with Gasteiger partial charge in [-0.25, -0.2) is 9.98 Å². The van der Waals surface area contributed by atoms with Crippen LogP contribution in [0.15, 0.2) is 60.1 Å². The van der Waals surface area contributed by atoms with Gasteiger partial charge in [-0.3, -0.25) is 0 Å². The molecule has 3 aromatic rings. The number of para-hydroxylation sites is 3. The Balaban J connectivity index is 1.98. The molecule has 3 rings (SSSR count). The molecule has 0 fully saturated rings. The lowest BCUT2D eigenvalue weighted by Crippen LogP contribution is -1.97. The van der Waals surface area contributed by atoms with Gasteiger partial charge >= 0.3 is 0 Å². The summed E-state index contributed by atoms with van der Waals surface area (Å²) >= 11 is 0. The summed E-state index contributed by atoms with van der Waals surface area (Å²) in [6.07, 6.45) is 6.28. The first-order valence-corrected chi connectivity index (χ1v) is 8.65. The number of nitrogens with zero attached hydrogens (tertiary/aromatic N) is 3. The second kappa shape index (κ2) is 7.79. The van der Waals surface area contributed by atoms with Gasteiger partial charge in [0, 0.05) is 18.3 Å². The monoisotopic (exact) mass is 333 g/mol. The Morgan fingerprint density at radius 1 is 1.20 bits per heavy atom. The fraction of sp³-hybridized carbons (Fsp3) is 0.238. The molecule has 1 heterocycles. The van der Waals surface area contributed by atoms with Gasteiger partial charge in [0.1, 0.15) is 5.75 Å². The maximum Gasteiger partial charge on any atom is 0.230 e. The number of phenolic OH excluding ortho intramolecular Hbond substituents is 1. The first-order chi connectivity index (χ1) is 12.2. The molecule has 4 nitrogen and oxygen atoms in total. The maximum absolute atomic E-state index is 10.4. The van der Waals surface area contributed by atoms with Crippen molar-refractivity contribution in [3.8, 4) is 5.75 Å². The van der Waals surface area contributed by atoms with Crippen LogP contribution < -0.4 is 0 Å². The molecule has 0 saturated carbocycles. The van der Waals surface area contributed by atoms with Crippen molar-refractivity contribution in [2.24, 2.45) is 4.99 Å². The molecule has 0 spiro atoms. The number of hydrogen-bond acceptors (Lipinski definition) is 3. The van der Waals surface area contributed by atoms with Crippen LogP contribution in [0.4, 0.5) is 5.95 Å².